The maximum atomic E-state index is 14.3. The SMILES string of the molecule is Fc1ccccc1-c1nc(Oc2ccc(-c3ccccc3)cc2)c2ccccc2n1. The quantitative estimate of drug-likeness (QED) is 0.334. The average molecular weight is 392 g/mol. The van der Waals surface area contributed by atoms with Crippen molar-refractivity contribution < 1.29 is 9.13 Å². The van der Waals surface area contributed by atoms with E-state index in [1.807, 2.05) is 66.7 Å². The lowest BCUT2D eigenvalue weighted by Crippen LogP contribution is -1.97. The molecule has 0 aliphatic heterocycles. The highest BCUT2D eigenvalue weighted by Gasteiger charge is 2.14. The number of ether oxygens (including phenoxy) is 1. The Kier molecular flexibility index (Phi) is 4.66. The average Bonchev–Trinajstić information content (AvgIpc) is 2.80. The van der Waals surface area contributed by atoms with Crippen LogP contribution in [0.1, 0.15) is 0 Å². The van der Waals surface area contributed by atoms with Crippen molar-refractivity contribution in [2.45, 2.75) is 0 Å². The van der Waals surface area contributed by atoms with E-state index in [1.54, 1.807) is 18.2 Å². The van der Waals surface area contributed by atoms with Gasteiger partial charge in [0.05, 0.1) is 16.5 Å². The van der Waals surface area contributed by atoms with Gasteiger partial charge in [-0.1, -0.05) is 66.7 Å². The normalized spacial score (nSPS) is 10.8. The number of fused-ring (bicyclic) bond motifs is 1. The number of halogens is 1. The molecule has 0 fully saturated rings. The van der Waals surface area contributed by atoms with Gasteiger partial charge in [0.15, 0.2) is 5.82 Å². The van der Waals surface area contributed by atoms with Gasteiger partial charge in [0.2, 0.25) is 5.88 Å². The van der Waals surface area contributed by atoms with Crippen molar-refractivity contribution in [3.05, 3.63) is 109 Å². The number of para-hydroxylation sites is 1. The topological polar surface area (TPSA) is 35.0 Å². The molecule has 3 nitrogen and oxygen atoms in total. The largest absolute Gasteiger partial charge is 0.438 e. The molecule has 1 aromatic heterocycles. The lowest BCUT2D eigenvalue weighted by Gasteiger charge is -2.11. The zero-order valence-electron chi connectivity index (χ0n) is 16.0. The zero-order valence-corrected chi connectivity index (χ0v) is 16.0. The second-order valence-corrected chi connectivity index (χ2v) is 6.84. The molecule has 0 saturated heterocycles. The number of benzene rings is 4. The maximum absolute atomic E-state index is 14.3. The van der Waals surface area contributed by atoms with Crippen molar-refractivity contribution in [2.75, 3.05) is 0 Å². The van der Waals surface area contributed by atoms with Gasteiger partial charge in [0.25, 0.3) is 0 Å². The molecule has 4 heteroatoms. The Morgan fingerprint density at radius 2 is 1.27 bits per heavy atom. The van der Waals surface area contributed by atoms with Gasteiger partial charge in [-0.05, 0) is 47.5 Å². The third kappa shape index (κ3) is 3.51. The van der Waals surface area contributed by atoms with Crippen LogP contribution in [0.4, 0.5) is 4.39 Å². The van der Waals surface area contributed by atoms with Crippen LogP contribution in [0.25, 0.3) is 33.4 Å². The van der Waals surface area contributed by atoms with Gasteiger partial charge in [0.1, 0.15) is 11.6 Å². The number of hydrogen-bond donors (Lipinski definition) is 0. The first-order valence-corrected chi connectivity index (χ1v) is 9.63. The van der Waals surface area contributed by atoms with Crippen molar-refractivity contribution in [1.29, 1.82) is 0 Å². The molecule has 0 bridgehead atoms. The molecule has 0 saturated carbocycles. The van der Waals surface area contributed by atoms with E-state index in [-0.39, 0.29) is 5.82 Å². The molecule has 5 rings (SSSR count). The van der Waals surface area contributed by atoms with E-state index in [4.69, 9.17) is 4.74 Å². The predicted molar refractivity (Wildman–Crippen MR) is 117 cm³/mol. The summed E-state index contributed by atoms with van der Waals surface area (Å²) in [5.74, 6) is 0.970. The van der Waals surface area contributed by atoms with Gasteiger partial charge in [-0.15, -0.1) is 0 Å². The highest BCUT2D eigenvalue weighted by molar-refractivity contribution is 5.85. The molecule has 0 N–H and O–H groups in total. The highest BCUT2D eigenvalue weighted by atomic mass is 19.1. The molecular formula is C26H17FN2O. The minimum absolute atomic E-state index is 0.294. The highest BCUT2D eigenvalue weighted by Crippen LogP contribution is 2.31. The Bertz CT molecular complexity index is 1320. The van der Waals surface area contributed by atoms with Gasteiger partial charge in [0, 0.05) is 0 Å². The second-order valence-electron chi connectivity index (χ2n) is 6.84. The molecule has 0 radical (unpaired) electrons. The fourth-order valence-corrected chi connectivity index (χ4v) is 3.35. The molecule has 5 aromatic rings. The van der Waals surface area contributed by atoms with Crippen LogP contribution in [0.2, 0.25) is 0 Å². The molecule has 4 aromatic carbocycles. The van der Waals surface area contributed by atoms with E-state index in [1.165, 1.54) is 6.07 Å². The van der Waals surface area contributed by atoms with E-state index in [0.29, 0.717) is 28.5 Å². The van der Waals surface area contributed by atoms with Crippen molar-refractivity contribution >= 4 is 10.9 Å². The van der Waals surface area contributed by atoms with Crippen LogP contribution in [0.5, 0.6) is 11.6 Å². The third-order valence-corrected chi connectivity index (χ3v) is 4.86. The van der Waals surface area contributed by atoms with Crippen LogP contribution in [0.3, 0.4) is 0 Å². The van der Waals surface area contributed by atoms with Gasteiger partial charge in [-0.25, -0.2) is 9.37 Å². The van der Waals surface area contributed by atoms with Crippen molar-refractivity contribution in [3.63, 3.8) is 0 Å². The summed E-state index contributed by atoms with van der Waals surface area (Å²) in [5, 5.41) is 0.768. The Balaban J connectivity index is 1.54. The van der Waals surface area contributed by atoms with Crippen LogP contribution >= 0.6 is 0 Å². The summed E-state index contributed by atoms with van der Waals surface area (Å²) < 4.78 is 20.4. The standard InChI is InChI=1S/C26H17FN2O/c27-23-12-6-4-10-21(23)25-28-24-13-7-5-11-22(24)26(29-25)30-20-16-14-19(15-17-20)18-8-2-1-3-9-18/h1-17H. The predicted octanol–water partition coefficient (Wildman–Crippen LogP) is 6.90. The van der Waals surface area contributed by atoms with Gasteiger partial charge in [-0.3, -0.25) is 0 Å². The molecule has 0 aliphatic carbocycles. The van der Waals surface area contributed by atoms with E-state index in [9.17, 15) is 4.39 Å². The first kappa shape index (κ1) is 18.0. The van der Waals surface area contributed by atoms with Gasteiger partial charge < -0.3 is 4.74 Å². The Morgan fingerprint density at radius 3 is 2.07 bits per heavy atom. The molecule has 30 heavy (non-hydrogen) atoms. The Morgan fingerprint density at radius 1 is 0.600 bits per heavy atom. The van der Waals surface area contributed by atoms with Gasteiger partial charge >= 0.3 is 0 Å². The summed E-state index contributed by atoms with van der Waals surface area (Å²) in [6.45, 7) is 0. The number of hydrogen-bond acceptors (Lipinski definition) is 3. The third-order valence-electron chi connectivity index (χ3n) is 4.86. The molecule has 0 spiro atoms. The summed E-state index contributed by atoms with van der Waals surface area (Å²) in [6, 6.07) is 32.0. The molecule has 0 unspecified atom stereocenters. The summed E-state index contributed by atoms with van der Waals surface area (Å²) in [6.07, 6.45) is 0. The fraction of sp³-hybridized carbons (Fsp3) is 0. The summed E-state index contributed by atoms with van der Waals surface area (Å²) >= 11 is 0. The molecular weight excluding hydrogens is 375 g/mol. The summed E-state index contributed by atoms with van der Waals surface area (Å²) in [5.41, 5.74) is 3.27. The van der Waals surface area contributed by atoms with Crippen LogP contribution in [-0.2, 0) is 0 Å². The molecule has 1 heterocycles. The van der Waals surface area contributed by atoms with Crippen LogP contribution < -0.4 is 4.74 Å². The zero-order chi connectivity index (χ0) is 20.3. The Hall–Kier alpha value is -4.05. The van der Waals surface area contributed by atoms with E-state index < -0.39 is 0 Å². The second kappa shape index (κ2) is 7.76. The van der Waals surface area contributed by atoms with E-state index in [2.05, 4.69) is 22.1 Å². The van der Waals surface area contributed by atoms with Gasteiger partial charge in [-0.2, -0.15) is 4.98 Å². The van der Waals surface area contributed by atoms with Crippen LogP contribution in [-0.4, -0.2) is 9.97 Å². The van der Waals surface area contributed by atoms with Crippen molar-refractivity contribution in [3.8, 4) is 34.1 Å². The first-order chi connectivity index (χ1) is 14.8. The van der Waals surface area contributed by atoms with E-state index >= 15 is 0 Å². The van der Waals surface area contributed by atoms with Crippen LogP contribution in [0, 0.1) is 5.82 Å². The first-order valence-electron chi connectivity index (χ1n) is 9.63. The maximum Gasteiger partial charge on any atom is 0.230 e. The lowest BCUT2D eigenvalue weighted by atomic mass is 10.1. The molecule has 144 valence electrons. The van der Waals surface area contributed by atoms with E-state index in [0.717, 1.165) is 16.5 Å². The summed E-state index contributed by atoms with van der Waals surface area (Å²) in [4.78, 5) is 9.07. The smallest absolute Gasteiger partial charge is 0.230 e. The lowest BCUT2D eigenvalue weighted by molar-refractivity contribution is 0.469. The minimum Gasteiger partial charge on any atom is -0.438 e. The monoisotopic (exact) mass is 392 g/mol. The Labute approximate surface area is 173 Å². The number of nitrogens with zero attached hydrogens (tertiary/aromatic N) is 2. The summed E-state index contributed by atoms with van der Waals surface area (Å²) in [7, 11) is 0. The fourth-order valence-electron chi connectivity index (χ4n) is 3.35. The number of aromatic nitrogens is 2. The van der Waals surface area contributed by atoms with Crippen molar-refractivity contribution in [2.24, 2.45) is 0 Å². The molecule has 0 atom stereocenters. The number of rotatable bonds is 4. The van der Waals surface area contributed by atoms with Crippen molar-refractivity contribution in [1.82, 2.24) is 9.97 Å². The minimum atomic E-state index is -0.369. The molecule has 0 aliphatic rings. The van der Waals surface area contributed by atoms with Crippen LogP contribution in [0.15, 0.2) is 103 Å². The molecule has 0 amide bonds.